The van der Waals surface area contributed by atoms with Crippen LogP contribution in [0.4, 0.5) is 4.79 Å². The van der Waals surface area contributed by atoms with Crippen molar-refractivity contribution in [3.63, 3.8) is 0 Å². The Kier molecular flexibility index (Phi) is 5.03. The van der Waals surface area contributed by atoms with Gasteiger partial charge in [0.15, 0.2) is 0 Å². The van der Waals surface area contributed by atoms with Crippen LogP contribution >= 0.6 is 0 Å². The maximum atomic E-state index is 12.6. The molecule has 0 N–H and O–H groups in total. The van der Waals surface area contributed by atoms with Gasteiger partial charge in [0, 0.05) is 6.04 Å². The molecule has 1 heterocycles. The topological polar surface area (TPSA) is 55.8 Å². The minimum atomic E-state index is -0.569. The van der Waals surface area contributed by atoms with E-state index in [1.807, 2.05) is 27.7 Å². The fourth-order valence-electron chi connectivity index (χ4n) is 4.01. The molecule has 5 heteroatoms. The lowest BCUT2D eigenvalue weighted by atomic mass is 9.69. The van der Waals surface area contributed by atoms with Crippen LogP contribution in [-0.2, 0) is 14.3 Å². The molecule has 1 saturated carbocycles. The Labute approximate surface area is 133 Å². The summed E-state index contributed by atoms with van der Waals surface area (Å²) in [6, 6.07) is -0.507. The molecule has 5 nitrogen and oxygen atoms in total. The molecule has 0 radical (unpaired) electrons. The van der Waals surface area contributed by atoms with Gasteiger partial charge in [0.05, 0.1) is 7.11 Å². The van der Waals surface area contributed by atoms with Gasteiger partial charge in [-0.3, -0.25) is 4.90 Å². The molecule has 0 aromatic heterocycles. The summed E-state index contributed by atoms with van der Waals surface area (Å²) in [5.41, 5.74) is -0.569. The Morgan fingerprint density at radius 3 is 2.36 bits per heavy atom. The minimum Gasteiger partial charge on any atom is -0.467 e. The lowest BCUT2D eigenvalue weighted by Crippen LogP contribution is -2.59. The van der Waals surface area contributed by atoms with Crippen LogP contribution in [0.25, 0.3) is 0 Å². The summed E-state index contributed by atoms with van der Waals surface area (Å²) < 4.78 is 10.5. The van der Waals surface area contributed by atoms with E-state index in [1.165, 1.54) is 20.0 Å². The van der Waals surface area contributed by atoms with Crippen molar-refractivity contribution in [1.82, 2.24) is 4.90 Å². The van der Waals surface area contributed by atoms with E-state index in [9.17, 15) is 9.59 Å². The second kappa shape index (κ2) is 6.47. The predicted octanol–water partition coefficient (Wildman–Crippen LogP) is 3.36. The van der Waals surface area contributed by atoms with Crippen molar-refractivity contribution >= 4 is 12.1 Å². The quantitative estimate of drug-likeness (QED) is 0.697. The van der Waals surface area contributed by atoms with E-state index >= 15 is 0 Å². The number of carbonyl (C=O) groups excluding carboxylic acids is 2. The summed E-state index contributed by atoms with van der Waals surface area (Å²) in [4.78, 5) is 26.4. The molecule has 1 aliphatic carbocycles. The highest BCUT2D eigenvalue weighted by molar-refractivity contribution is 5.82. The second-order valence-corrected chi connectivity index (χ2v) is 7.61. The smallest absolute Gasteiger partial charge is 0.411 e. The molecule has 1 amide bonds. The van der Waals surface area contributed by atoms with Crippen molar-refractivity contribution in [2.75, 3.05) is 7.11 Å². The van der Waals surface area contributed by atoms with Crippen molar-refractivity contribution in [3.05, 3.63) is 0 Å². The van der Waals surface area contributed by atoms with E-state index in [4.69, 9.17) is 9.47 Å². The van der Waals surface area contributed by atoms with Crippen LogP contribution in [0, 0.1) is 11.8 Å². The van der Waals surface area contributed by atoms with Crippen LogP contribution in [-0.4, -0.2) is 41.8 Å². The molecular weight excluding hydrogens is 282 g/mol. The van der Waals surface area contributed by atoms with E-state index in [0.717, 1.165) is 12.8 Å². The summed E-state index contributed by atoms with van der Waals surface area (Å²) in [7, 11) is 1.38. The molecule has 1 aliphatic heterocycles. The molecule has 4 atom stereocenters. The number of methoxy groups -OCH3 is 1. The zero-order chi connectivity index (χ0) is 16.5. The third kappa shape index (κ3) is 3.55. The van der Waals surface area contributed by atoms with Crippen LogP contribution in [0.1, 0.15) is 59.8 Å². The Hall–Kier alpha value is -1.26. The van der Waals surface area contributed by atoms with Gasteiger partial charge >= 0.3 is 12.1 Å². The highest BCUT2D eigenvalue weighted by atomic mass is 16.6. The molecule has 0 aromatic rings. The van der Waals surface area contributed by atoms with Crippen LogP contribution in [0.3, 0.4) is 0 Å². The standard InChI is InChI=1S/C17H29NO4/c1-11-13-9-7-6-8-12(13)10-14(15(19)21-5)18(11)16(20)22-17(2,3)4/h11-14H,6-10H2,1-5H3/t11?,12?,13?,14-/m0/s1. The van der Waals surface area contributed by atoms with E-state index < -0.39 is 17.7 Å². The van der Waals surface area contributed by atoms with Crippen molar-refractivity contribution in [2.24, 2.45) is 11.8 Å². The number of hydrogen-bond acceptors (Lipinski definition) is 4. The number of ether oxygens (including phenoxy) is 2. The number of amides is 1. The average molecular weight is 311 g/mol. The summed E-state index contributed by atoms with van der Waals surface area (Å²) in [6.45, 7) is 7.57. The van der Waals surface area contributed by atoms with E-state index in [2.05, 4.69) is 0 Å². The highest BCUT2D eigenvalue weighted by Crippen LogP contribution is 2.42. The lowest BCUT2D eigenvalue weighted by molar-refractivity contribution is -0.152. The van der Waals surface area contributed by atoms with Crippen LogP contribution in [0.15, 0.2) is 0 Å². The number of piperidine rings is 1. The van der Waals surface area contributed by atoms with Gasteiger partial charge in [-0.25, -0.2) is 9.59 Å². The monoisotopic (exact) mass is 311 g/mol. The normalized spacial score (nSPS) is 32.1. The van der Waals surface area contributed by atoms with Crippen molar-refractivity contribution in [3.8, 4) is 0 Å². The van der Waals surface area contributed by atoms with Gasteiger partial charge in [0.1, 0.15) is 11.6 Å². The first-order chi connectivity index (χ1) is 10.2. The van der Waals surface area contributed by atoms with E-state index in [0.29, 0.717) is 18.3 Å². The van der Waals surface area contributed by atoms with Gasteiger partial charge in [-0.05, 0) is 52.4 Å². The molecule has 0 bridgehead atoms. The first-order valence-corrected chi connectivity index (χ1v) is 8.33. The van der Waals surface area contributed by atoms with Crippen LogP contribution in [0.5, 0.6) is 0 Å². The first kappa shape index (κ1) is 17.1. The number of likely N-dealkylation sites (tertiary alicyclic amines) is 1. The maximum absolute atomic E-state index is 12.6. The summed E-state index contributed by atoms with van der Waals surface area (Å²) in [5, 5.41) is 0. The number of rotatable bonds is 1. The third-order valence-corrected chi connectivity index (χ3v) is 4.97. The summed E-state index contributed by atoms with van der Waals surface area (Å²) in [5.74, 6) is 0.635. The Bertz CT molecular complexity index is 429. The number of fused-ring (bicyclic) bond motifs is 1. The number of nitrogens with zero attached hydrogens (tertiary/aromatic N) is 1. The fourth-order valence-corrected chi connectivity index (χ4v) is 4.01. The van der Waals surface area contributed by atoms with Gasteiger partial charge in [0.2, 0.25) is 0 Å². The lowest BCUT2D eigenvalue weighted by Gasteiger charge is -2.49. The molecule has 22 heavy (non-hydrogen) atoms. The minimum absolute atomic E-state index is 0.0120. The molecular formula is C17H29NO4. The number of carbonyl (C=O) groups is 2. The Morgan fingerprint density at radius 1 is 1.14 bits per heavy atom. The zero-order valence-corrected chi connectivity index (χ0v) is 14.4. The second-order valence-electron chi connectivity index (χ2n) is 7.61. The first-order valence-electron chi connectivity index (χ1n) is 8.33. The van der Waals surface area contributed by atoms with Gasteiger partial charge in [-0.2, -0.15) is 0 Å². The number of esters is 1. The molecule has 126 valence electrons. The Morgan fingerprint density at radius 2 is 1.77 bits per heavy atom. The average Bonchev–Trinajstić information content (AvgIpc) is 2.44. The predicted molar refractivity (Wildman–Crippen MR) is 83.4 cm³/mol. The van der Waals surface area contributed by atoms with E-state index in [-0.39, 0.29) is 12.0 Å². The largest absolute Gasteiger partial charge is 0.467 e. The van der Waals surface area contributed by atoms with Gasteiger partial charge < -0.3 is 9.47 Å². The third-order valence-electron chi connectivity index (χ3n) is 4.97. The fraction of sp³-hybridized carbons (Fsp3) is 0.882. The maximum Gasteiger partial charge on any atom is 0.411 e. The van der Waals surface area contributed by atoms with Crippen molar-refractivity contribution in [1.29, 1.82) is 0 Å². The molecule has 2 rings (SSSR count). The summed E-state index contributed by atoms with van der Waals surface area (Å²) >= 11 is 0. The van der Waals surface area contributed by atoms with Crippen LogP contribution < -0.4 is 0 Å². The van der Waals surface area contributed by atoms with Crippen LogP contribution in [0.2, 0.25) is 0 Å². The van der Waals surface area contributed by atoms with E-state index in [1.54, 1.807) is 4.90 Å². The Balaban J connectivity index is 2.24. The highest BCUT2D eigenvalue weighted by Gasteiger charge is 2.47. The molecule has 0 spiro atoms. The number of hydrogen-bond donors (Lipinski definition) is 0. The molecule has 2 fully saturated rings. The summed E-state index contributed by atoms with van der Waals surface area (Å²) in [6.07, 6.45) is 4.98. The van der Waals surface area contributed by atoms with Crippen molar-refractivity contribution < 1.29 is 19.1 Å². The zero-order valence-electron chi connectivity index (χ0n) is 14.4. The van der Waals surface area contributed by atoms with Gasteiger partial charge in [-0.15, -0.1) is 0 Å². The molecule has 2 aliphatic rings. The molecule has 1 saturated heterocycles. The van der Waals surface area contributed by atoms with Gasteiger partial charge in [0.25, 0.3) is 0 Å². The SMILES string of the molecule is COC(=O)[C@@H]1CC2CCCCC2C(C)N1C(=O)OC(C)(C)C. The van der Waals surface area contributed by atoms with Crippen molar-refractivity contribution in [2.45, 2.75) is 77.5 Å². The molecule has 3 unspecified atom stereocenters. The molecule has 0 aromatic carbocycles. The van der Waals surface area contributed by atoms with Gasteiger partial charge in [-0.1, -0.05) is 19.3 Å².